The molecule has 0 fully saturated rings. The molecule has 1 rings (SSSR count). The molecule has 0 spiro atoms. The van der Waals surface area contributed by atoms with Crippen molar-refractivity contribution < 1.29 is 18.0 Å². The highest BCUT2D eigenvalue weighted by Crippen LogP contribution is 2.29. The van der Waals surface area contributed by atoms with Gasteiger partial charge in [-0.1, -0.05) is 26.0 Å². The van der Waals surface area contributed by atoms with E-state index in [4.69, 9.17) is 4.79 Å². The fourth-order valence-corrected chi connectivity index (χ4v) is 1.06. The van der Waals surface area contributed by atoms with Gasteiger partial charge in [0.2, 0.25) is 0 Å². The highest BCUT2D eigenvalue weighted by molar-refractivity contribution is 5.26. The van der Waals surface area contributed by atoms with Crippen molar-refractivity contribution in [3.8, 4) is 0 Å². The summed E-state index contributed by atoms with van der Waals surface area (Å²) in [5.41, 5.74) is 0.338. The number of carbonyl (C=O) groups is 1. The first-order chi connectivity index (χ1) is 6.91. The highest BCUT2D eigenvalue weighted by Gasteiger charge is 2.29. The zero-order chi connectivity index (χ0) is 12.1. The first kappa shape index (κ1) is 13.7. The number of halogens is 3. The third-order valence-corrected chi connectivity index (χ3v) is 1.90. The van der Waals surface area contributed by atoms with Crippen LogP contribution in [0.4, 0.5) is 13.2 Å². The Labute approximate surface area is 86.9 Å². The van der Waals surface area contributed by atoms with Crippen LogP contribution in [0.1, 0.15) is 30.9 Å². The van der Waals surface area contributed by atoms with Crippen LogP contribution < -0.4 is 0 Å². The van der Waals surface area contributed by atoms with E-state index in [1.807, 2.05) is 20.6 Å². The fourth-order valence-electron chi connectivity index (χ4n) is 1.06. The maximum absolute atomic E-state index is 12.1. The summed E-state index contributed by atoms with van der Waals surface area (Å²) in [5, 5.41) is 0. The van der Waals surface area contributed by atoms with Gasteiger partial charge >= 0.3 is 6.18 Å². The van der Waals surface area contributed by atoms with E-state index < -0.39 is 11.7 Å². The van der Waals surface area contributed by atoms with Gasteiger partial charge in [-0.2, -0.15) is 13.2 Å². The Hall–Kier alpha value is -1.32. The summed E-state index contributed by atoms with van der Waals surface area (Å²) >= 11 is 0. The van der Waals surface area contributed by atoms with E-state index in [0.29, 0.717) is 0 Å². The molecular formula is C11H13F3O. The van der Waals surface area contributed by atoms with Gasteiger partial charge < -0.3 is 4.79 Å². The normalized spacial score (nSPS) is 10.8. The molecule has 0 unspecified atom stereocenters. The molecule has 0 radical (unpaired) electrons. The van der Waals surface area contributed by atoms with Gasteiger partial charge in [-0.15, -0.1) is 0 Å². The molecule has 0 heterocycles. The molecule has 0 aliphatic rings. The van der Waals surface area contributed by atoms with Crippen LogP contribution in [0.5, 0.6) is 0 Å². The molecule has 0 amide bonds. The van der Waals surface area contributed by atoms with Crippen LogP contribution in [0, 0.1) is 0 Å². The minimum Gasteiger partial charge on any atom is -0.307 e. The van der Waals surface area contributed by atoms with E-state index in [-0.39, 0.29) is 5.92 Å². The molecule has 0 N–H and O–H groups in total. The smallest absolute Gasteiger partial charge is 0.307 e. The average molecular weight is 218 g/mol. The van der Waals surface area contributed by atoms with Crippen LogP contribution in [-0.4, -0.2) is 6.79 Å². The molecule has 4 heteroatoms. The SMILES string of the molecule is C=O.CC(C)c1ccc(C(F)(F)F)cc1. The first-order valence-electron chi connectivity index (χ1n) is 4.37. The van der Waals surface area contributed by atoms with E-state index >= 15 is 0 Å². The molecule has 0 saturated heterocycles. The van der Waals surface area contributed by atoms with Crippen LogP contribution in [-0.2, 0) is 11.0 Å². The largest absolute Gasteiger partial charge is 0.416 e. The fraction of sp³-hybridized carbons (Fsp3) is 0.364. The standard InChI is InChI=1S/C10H11F3.CH2O/c1-7(2)8-3-5-9(6-4-8)10(11,12)13;1-2/h3-7H,1-2H3;1H2. The summed E-state index contributed by atoms with van der Waals surface area (Å²) < 4.78 is 36.4. The third-order valence-electron chi connectivity index (χ3n) is 1.90. The number of hydrogen-bond donors (Lipinski definition) is 0. The molecule has 15 heavy (non-hydrogen) atoms. The monoisotopic (exact) mass is 218 g/mol. The molecule has 1 nitrogen and oxygen atoms in total. The topological polar surface area (TPSA) is 17.1 Å². The number of carbonyl (C=O) groups excluding carboxylic acids is 1. The van der Waals surface area contributed by atoms with Crippen molar-refractivity contribution in [3.05, 3.63) is 35.4 Å². The predicted octanol–water partition coefficient (Wildman–Crippen LogP) is 3.64. The quantitative estimate of drug-likeness (QED) is 0.703. The average Bonchev–Trinajstić information content (AvgIpc) is 2.20. The van der Waals surface area contributed by atoms with Crippen molar-refractivity contribution in [1.82, 2.24) is 0 Å². The zero-order valence-corrected chi connectivity index (χ0v) is 8.64. The van der Waals surface area contributed by atoms with E-state index in [1.54, 1.807) is 0 Å². The lowest BCUT2D eigenvalue weighted by Gasteiger charge is -2.09. The van der Waals surface area contributed by atoms with Gasteiger partial charge in [-0.3, -0.25) is 0 Å². The Bertz CT molecular complexity index is 288. The van der Waals surface area contributed by atoms with E-state index in [2.05, 4.69) is 0 Å². The summed E-state index contributed by atoms with van der Waals surface area (Å²) in [7, 11) is 0. The van der Waals surface area contributed by atoms with Crippen LogP contribution >= 0.6 is 0 Å². The first-order valence-corrected chi connectivity index (χ1v) is 4.37. The summed E-state index contributed by atoms with van der Waals surface area (Å²) in [4.78, 5) is 8.00. The van der Waals surface area contributed by atoms with Crippen molar-refractivity contribution in [2.75, 3.05) is 0 Å². The predicted molar refractivity (Wildman–Crippen MR) is 52.7 cm³/mol. The summed E-state index contributed by atoms with van der Waals surface area (Å²) in [5.74, 6) is 0.266. The maximum Gasteiger partial charge on any atom is 0.416 e. The highest BCUT2D eigenvalue weighted by atomic mass is 19.4. The molecular weight excluding hydrogens is 205 g/mol. The van der Waals surface area contributed by atoms with Crippen molar-refractivity contribution >= 4 is 6.79 Å². The van der Waals surface area contributed by atoms with E-state index in [0.717, 1.165) is 17.7 Å². The van der Waals surface area contributed by atoms with Crippen molar-refractivity contribution in [2.45, 2.75) is 25.9 Å². The Balaban J connectivity index is 0.000000921. The number of rotatable bonds is 1. The van der Waals surface area contributed by atoms with Gasteiger partial charge in [-0.05, 0) is 23.6 Å². The Morgan fingerprint density at radius 1 is 1.07 bits per heavy atom. The van der Waals surface area contributed by atoms with Gasteiger partial charge in [0.05, 0.1) is 5.56 Å². The van der Waals surface area contributed by atoms with Crippen LogP contribution in [0.15, 0.2) is 24.3 Å². The molecule has 1 aromatic rings. The second-order valence-electron chi connectivity index (χ2n) is 3.27. The van der Waals surface area contributed by atoms with E-state index in [1.165, 1.54) is 12.1 Å². The van der Waals surface area contributed by atoms with Crippen LogP contribution in [0.25, 0.3) is 0 Å². The minimum atomic E-state index is -4.23. The maximum atomic E-state index is 12.1. The zero-order valence-electron chi connectivity index (χ0n) is 8.64. The number of benzene rings is 1. The molecule has 84 valence electrons. The van der Waals surface area contributed by atoms with Gasteiger partial charge in [0.25, 0.3) is 0 Å². The Morgan fingerprint density at radius 3 is 1.73 bits per heavy atom. The lowest BCUT2D eigenvalue weighted by molar-refractivity contribution is -0.137. The van der Waals surface area contributed by atoms with Crippen molar-refractivity contribution in [3.63, 3.8) is 0 Å². The molecule has 0 saturated carbocycles. The number of hydrogen-bond acceptors (Lipinski definition) is 1. The second-order valence-corrected chi connectivity index (χ2v) is 3.27. The molecule has 0 aromatic heterocycles. The lowest BCUT2D eigenvalue weighted by Crippen LogP contribution is -2.04. The van der Waals surface area contributed by atoms with Gasteiger partial charge in [-0.25, -0.2) is 0 Å². The molecule has 0 bridgehead atoms. The summed E-state index contributed by atoms with van der Waals surface area (Å²) in [6.45, 7) is 5.89. The van der Waals surface area contributed by atoms with Crippen LogP contribution in [0.2, 0.25) is 0 Å². The van der Waals surface area contributed by atoms with Crippen LogP contribution in [0.3, 0.4) is 0 Å². The summed E-state index contributed by atoms with van der Waals surface area (Å²) in [6.07, 6.45) is -4.23. The van der Waals surface area contributed by atoms with Crippen molar-refractivity contribution in [1.29, 1.82) is 0 Å². The summed E-state index contributed by atoms with van der Waals surface area (Å²) in [6, 6.07) is 5.28. The lowest BCUT2D eigenvalue weighted by atomic mass is 10.0. The third kappa shape index (κ3) is 4.14. The van der Waals surface area contributed by atoms with Gasteiger partial charge in [0, 0.05) is 0 Å². The van der Waals surface area contributed by atoms with E-state index in [9.17, 15) is 13.2 Å². The number of alkyl halides is 3. The molecule has 0 aliphatic carbocycles. The minimum absolute atomic E-state index is 0.266. The molecule has 1 aromatic carbocycles. The van der Waals surface area contributed by atoms with Crippen molar-refractivity contribution in [2.24, 2.45) is 0 Å². The molecule has 0 atom stereocenters. The van der Waals surface area contributed by atoms with Gasteiger partial charge in [0.1, 0.15) is 6.79 Å². The Kier molecular flexibility index (Phi) is 5.05. The Morgan fingerprint density at radius 2 is 1.47 bits per heavy atom. The molecule has 0 aliphatic heterocycles. The second kappa shape index (κ2) is 5.53. The van der Waals surface area contributed by atoms with Gasteiger partial charge in [0.15, 0.2) is 0 Å².